The molecule has 0 amide bonds. The molecule has 3 nitrogen and oxygen atoms in total. The molecule has 2 rings (SSSR count). The van der Waals surface area contributed by atoms with Crippen molar-refractivity contribution in [2.24, 2.45) is 5.73 Å². The molecule has 0 bridgehead atoms. The molecule has 1 fully saturated rings. The van der Waals surface area contributed by atoms with Gasteiger partial charge in [0, 0.05) is 18.8 Å². The van der Waals surface area contributed by atoms with Crippen LogP contribution in [0.25, 0.3) is 0 Å². The van der Waals surface area contributed by atoms with Gasteiger partial charge in [0.05, 0.1) is 12.6 Å². The van der Waals surface area contributed by atoms with Gasteiger partial charge in [-0.15, -0.1) is 0 Å². The van der Waals surface area contributed by atoms with Crippen molar-refractivity contribution >= 4 is 5.69 Å². The first-order valence-corrected chi connectivity index (χ1v) is 5.02. The predicted octanol–water partition coefficient (Wildman–Crippen LogP) is 1.35. The van der Waals surface area contributed by atoms with Crippen LogP contribution in [0.2, 0.25) is 0 Å². The maximum atomic E-state index is 5.52. The number of anilines is 1. The Hall–Kier alpha value is -1.06. The molecule has 3 N–H and O–H groups in total. The van der Waals surface area contributed by atoms with Gasteiger partial charge in [-0.05, 0) is 24.1 Å². The first kappa shape index (κ1) is 9.49. The van der Waals surface area contributed by atoms with Crippen LogP contribution in [0.5, 0.6) is 0 Å². The molecule has 0 aliphatic carbocycles. The number of ether oxygens (including phenoxy) is 1. The minimum absolute atomic E-state index is 0.471. The van der Waals surface area contributed by atoms with Gasteiger partial charge in [0.1, 0.15) is 0 Å². The normalized spacial score (nSPS) is 21.1. The van der Waals surface area contributed by atoms with Gasteiger partial charge in [0.15, 0.2) is 0 Å². The van der Waals surface area contributed by atoms with Gasteiger partial charge < -0.3 is 15.8 Å². The minimum atomic E-state index is 0.471. The third kappa shape index (κ3) is 2.25. The highest BCUT2D eigenvalue weighted by Gasteiger charge is 2.14. The van der Waals surface area contributed by atoms with E-state index in [-0.39, 0.29) is 0 Å². The Morgan fingerprint density at radius 1 is 1.36 bits per heavy atom. The van der Waals surface area contributed by atoms with E-state index in [0.29, 0.717) is 12.6 Å². The van der Waals surface area contributed by atoms with Gasteiger partial charge >= 0.3 is 0 Å². The average molecular weight is 192 g/mol. The van der Waals surface area contributed by atoms with E-state index in [2.05, 4.69) is 29.6 Å². The van der Waals surface area contributed by atoms with Crippen LogP contribution in [0, 0.1) is 0 Å². The SMILES string of the molecule is NCc1ccc(NC2CCOC2)cc1. The first-order chi connectivity index (χ1) is 6.88. The summed E-state index contributed by atoms with van der Waals surface area (Å²) in [5.74, 6) is 0. The van der Waals surface area contributed by atoms with Gasteiger partial charge in [0.25, 0.3) is 0 Å². The number of benzene rings is 1. The second-order valence-electron chi connectivity index (χ2n) is 3.61. The molecule has 1 heterocycles. The number of hydrogen-bond donors (Lipinski definition) is 2. The molecule has 1 unspecified atom stereocenters. The molecule has 1 aliphatic rings. The molecule has 0 radical (unpaired) electrons. The van der Waals surface area contributed by atoms with Crippen LogP contribution in [0.15, 0.2) is 24.3 Å². The van der Waals surface area contributed by atoms with Gasteiger partial charge in [-0.3, -0.25) is 0 Å². The fourth-order valence-electron chi connectivity index (χ4n) is 1.62. The van der Waals surface area contributed by atoms with Crippen LogP contribution >= 0.6 is 0 Å². The highest BCUT2D eigenvalue weighted by atomic mass is 16.5. The number of nitrogens with two attached hydrogens (primary N) is 1. The number of rotatable bonds is 3. The quantitative estimate of drug-likeness (QED) is 0.760. The largest absolute Gasteiger partial charge is 0.380 e. The van der Waals surface area contributed by atoms with Crippen molar-refractivity contribution in [3.05, 3.63) is 29.8 Å². The Kier molecular flexibility index (Phi) is 3.01. The standard InChI is InChI=1S/C11H16N2O/c12-7-9-1-3-10(4-2-9)13-11-5-6-14-8-11/h1-4,11,13H,5-8,12H2. The monoisotopic (exact) mass is 192 g/mol. The van der Waals surface area contributed by atoms with Crippen LogP contribution in [0.4, 0.5) is 5.69 Å². The van der Waals surface area contributed by atoms with Crippen LogP contribution < -0.4 is 11.1 Å². The molecule has 1 aromatic rings. The van der Waals surface area contributed by atoms with E-state index in [1.54, 1.807) is 0 Å². The van der Waals surface area contributed by atoms with E-state index in [0.717, 1.165) is 25.3 Å². The summed E-state index contributed by atoms with van der Waals surface area (Å²) in [4.78, 5) is 0. The second-order valence-corrected chi connectivity index (χ2v) is 3.61. The molecule has 1 aromatic carbocycles. The zero-order valence-corrected chi connectivity index (χ0v) is 8.20. The lowest BCUT2D eigenvalue weighted by atomic mass is 10.2. The fraction of sp³-hybridized carbons (Fsp3) is 0.455. The van der Waals surface area contributed by atoms with Crippen LogP contribution in [-0.2, 0) is 11.3 Å². The topological polar surface area (TPSA) is 47.3 Å². The third-order valence-corrected chi connectivity index (χ3v) is 2.49. The zero-order chi connectivity index (χ0) is 9.80. The van der Waals surface area contributed by atoms with E-state index in [4.69, 9.17) is 10.5 Å². The van der Waals surface area contributed by atoms with Crippen LogP contribution in [0.3, 0.4) is 0 Å². The molecule has 76 valence electrons. The Bertz CT molecular complexity index is 278. The molecule has 1 saturated heterocycles. The molecule has 1 aliphatic heterocycles. The maximum Gasteiger partial charge on any atom is 0.0668 e. The third-order valence-electron chi connectivity index (χ3n) is 2.49. The molecule has 3 heteroatoms. The van der Waals surface area contributed by atoms with Crippen molar-refractivity contribution in [2.75, 3.05) is 18.5 Å². The van der Waals surface area contributed by atoms with E-state index < -0.39 is 0 Å². The van der Waals surface area contributed by atoms with E-state index in [1.807, 2.05) is 0 Å². The lowest BCUT2D eigenvalue weighted by Crippen LogP contribution is -2.18. The molecule has 0 spiro atoms. The Balaban J connectivity index is 1.95. The summed E-state index contributed by atoms with van der Waals surface area (Å²) in [5.41, 5.74) is 7.84. The van der Waals surface area contributed by atoms with Gasteiger partial charge in [-0.25, -0.2) is 0 Å². The van der Waals surface area contributed by atoms with Gasteiger partial charge in [-0.1, -0.05) is 12.1 Å². The average Bonchev–Trinajstić information content (AvgIpc) is 2.72. The summed E-state index contributed by atoms with van der Waals surface area (Å²) in [6.07, 6.45) is 1.10. The molecule has 0 saturated carbocycles. The molecule has 14 heavy (non-hydrogen) atoms. The van der Waals surface area contributed by atoms with E-state index >= 15 is 0 Å². The second kappa shape index (κ2) is 4.44. The minimum Gasteiger partial charge on any atom is -0.380 e. The highest BCUT2D eigenvalue weighted by molar-refractivity contribution is 5.45. The Morgan fingerprint density at radius 3 is 2.71 bits per heavy atom. The first-order valence-electron chi connectivity index (χ1n) is 5.02. The van der Waals surface area contributed by atoms with Crippen LogP contribution in [-0.4, -0.2) is 19.3 Å². The summed E-state index contributed by atoms with van der Waals surface area (Å²) in [6, 6.07) is 8.72. The van der Waals surface area contributed by atoms with E-state index in [9.17, 15) is 0 Å². The molecule has 1 atom stereocenters. The smallest absolute Gasteiger partial charge is 0.0668 e. The lowest BCUT2D eigenvalue weighted by molar-refractivity contribution is 0.195. The maximum absolute atomic E-state index is 5.52. The summed E-state index contributed by atoms with van der Waals surface area (Å²) in [5, 5.41) is 3.43. The summed E-state index contributed by atoms with van der Waals surface area (Å²) >= 11 is 0. The molecular weight excluding hydrogens is 176 g/mol. The predicted molar refractivity (Wildman–Crippen MR) is 57.2 cm³/mol. The zero-order valence-electron chi connectivity index (χ0n) is 8.20. The fourth-order valence-corrected chi connectivity index (χ4v) is 1.62. The van der Waals surface area contributed by atoms with E-state index in [1.165, 1.54) is 5.56 Å². The summed E-state index contributed by atoms with van der Waals surface area (Å²) in [7, 11) is 0. The molecule has 0 aromatic heterocycles. The highest BCUT2D eigenvalue weighted by Crippen LogP contribution is 2.14. The molecular formula is C11H16N2O. The Morgan fingerprint density at radius 2 is 2.14 bits per heavy atom. The van der Waals surface area contributed by atoms with Crippen molar-refractivity contribution < 1.29 is 4.74 Å². The van der Waals surface area contributed by atoms with Crippen molar-refractivity contribution in [3.8, 4) is 0 Å². The van der Waals surface area contributed by atoms with Crippen LogP contribution in [0.1, 0.15) is 12.0 Å². The summed E-state index contributed by atoms with van der Waals surface area (Å²) < 4.78 is 5.29. The Labute approximate surface area is 84.3 Å². The van der Waals surface area contributed by atoms with Gasteiger partial charge in [0.2, 0.25) is 0 Å². The summed E-state index contributed by atoms with van der Waals surface area (Å²) in [6.45, 7) is 2.30. The number of nitrogens with one attached hydrogen (secondary N) is 1. The van der Waals surface area contributed by atoms with Gasteiger partial charge in [-0.2, -0.15) is 0 Å². The lowest BCUT2D eigenvalue weighted by Gasteiger charge is -2.12. The van der Waals surface area contributed by atoms with Crippen molar-refractivity contribution in [1.29, 1.82) is 0 Å². The van der Waals surface area contributed by atoms with Crippen molar-refractivity contribution in [3.63, 3.8) is 0 Å². The van der Waals surface area contributed by atoms with Crippen molar-refractivity contribution in [2.45, 2.75) is 19.0 Å². The van der Waals surface area contributed by atoms with Crippen molar-refractivity contribution in [1.82, 2.24) is 0 Å². The number of hydrogen-bond acceptors (Lipinski definition) is 3.